The van der Waals surface area contributed by atoms with E-state index in [-0.39, 0.29) is 0 Å². The molecule has 23 heavy (non-hydrogen) atoms. The van der Waals surface area contributed by atoms with E-state index in [2.05, 4.69) is 44.8 Å². The molecule has 0 N–H and O–H groups in total. The lowest BCUT2D eigenvalue weighted by Crippen LogP contribution is -2.41. The molecule has 0 amide bonds. The third-order valence-corrected chi connectivity index (χ3v) is 5.46. The Kier molecular flexibility index (Phi) is 4.17. The molecular weight excluding hydrogens is 284 g/mol. The molecule has 2 saturated carbocycles. The van der Waals surface area contributed by atoms with Crippen LogP contribution in [0.5, 0.6) is 0 Å². The van der Waals surface area contributed by atoms with Crippen LogP contribution in [0.3, 0.4) is 0 Å². The van der Waals surface area contributed by atoms with Gasteiger partial charge in [0.2, 0.25) is 0 Å². The molecule has 122 valence electrons. The molecule has 0 spiro atoms. The van der Waals surface area contributed by atoms with Gasteiger partial charge in [0.25, 0.3) is 0 Å². The van der Waals surface area contributed by atoms with Crippen molar-refractivity contribution in [1.82, 2.24) is 19.7 Å². The van der Waals surface area contributed by atoms with Gasteiger partial charge >= 0.3 is 0 Å². The van der Waals surface area contributed by atoms with E-state index in [9.17, 15) is 0 Å². The lowest BCUT2D eigenvalue weighted by Gasteiger charge is -2.36. The van der Waals surface area contributed by atoms with Gasteiger partial charge in [-0.1, -0.05) is 6.92 Å². The van der Waals surface area contributed by atoms with E-state index in [1.807, 2.05) is 18.6 Å². The Balaban J connectivity index is 1.53. The summed E-state index contributed by atoms with van der Waals surface area (Å²) in [6.07, 6.45) is 13.8. The first-order valence-electron chi connectivity index (χ1n) is 8.99. The fourth-order valence-electron chi connectivity index (χ4n) is 3.88. The SMILES string of the molecule is CC1CCC(N(Cn2nccc2-c2ccncc2)C2CC2)CC1. The zero-order chi connectivity index (χ0) is 15.6. The zero-order valence-electron chi connectivity index (χ0n) is 13.9. The van der Waals surface area contributed by atoms with Gasteiger partial charge in [-0.2, -0.15) is 5.10 Å². The quantitative estimate of drug-likeness (QED) is 0.838. The van der Waals surface area contributed by atoms with Crippen molar-refractivity contribution in [2.24, 2.45) is 5.92 Å². The number of nitrogens with zero attached hydrogens (tertiary/aromatic N) is 4. The third-order valence-electron chi connectivity index (χ3n) is 5.46. The average molecular weight is 310 g/mol. The number of pyridine rings is 1. The Morgan fingerprint density at radius 2 is 1.61 bits per heavy atom. The molecule has 0 unspecified atom stereocenters. The standard InChI is InChI=1S/C19H26N4/c1-15-2-4-17(5-3-15)22(18-6-7-18)14-23-19(10-13-21-23)16-8-11-20-12-9-16/h8-13,15,17-18H,2-7,14H2,1H3. The van der Waals surface area contributed by atoms with E-state index in [4.69, 9.17) is 0 Å². The fraction of sp³-hybridized carbons (Fsp3) is 0.579. The second kappa shape index (κ2) is 6.44. The van der Waals surface area contributed by atoms with Crippen molar-refractivity contribution < 1.29 is 0 Å². The van der Waals surface area contributed by atoms with Crippen molar-refractivity contribution in [2.45, 2.75) is 64.2 Å². The normalized spacial score (nSPS) is 25.0. The molecule has 2 aliphatic carbocycles. The first-order valence-corrected chi connectivity index (χ1v) is 8.99. The maximum absolute atomic E-state index is 4.61. The van der Waals surface area contributed by atoms with Gasteiger partial charge < -0.3 is 0 Å². The van der Waals surface area contributed by atoms with Gasteiger partial charge in [0.05, 0.1) is 12.4 Å². The molecule has 2 aliphatic rings. The van der Waals surface area contributed by atoms with Crippen molar-refractivity contribution in [3.63, 3.8) is 0 Å². The average Bonchev–Trinajstić information content (AvgIpc) is 3.33. The van der Waals surface area contributed by atoms with E-state index >= 15 is 0 Å². The van der Waals surface area contributed by atoms with Gasteiger partial charge in [-0.3, -0.25) is 14.6 Å². The first-order chi connectivity index (χ1) is 11.3. The molecule has 2 heterocycles. The molecule has 0 radical (unpaired) electrons. The summed E-state index contributed by atoms with van der Waals surface area (Å²) >= 11 is 0. The number of hydrogen-bond donors (Lipinski definition) is 0. The second-order valence-corrected chi connectivity index (χ2v) is 7.25. The molecular formula is C19H26N4. The van der Waals surface area contributed by atoms with Gasteiger partial charge in [0, 0.05) is 36.2 Å². The lowest BCUT2D eigenvalue weighted by atomic mass is 9.86. The van der Waals surface area contributed by atoms with Crippen LogP contribution in [-0.2, 0) is 6.67 Å². The van der Waals surface area contributed by atoms with Crippen LogP contribution < -0.4 is 0 Å². The van der Waals surface area contributed by atoms with Crippen LogP contribution in [0.25, 0.3) is 11.3 Å². The lowest BCUT2D eigenvalue weighted by molar-refractivity contribution is 0.0937. The Labute approximate surface area is 138 Å². The maximum Gasteiger partial charge on any atom is 0.0940 e. The number of hydrogen-bond acceptors (Lipinski definition) is 3. The third kappa shape index (κ3) is 3.32. The molecule has 0 aromatic carbocycles. The Morgan fingerprint density at radius 1 is 0.957 bits per heavy atom. The monoisotopic (exact) mass is 310 g/mol. The topological polar surface area (TPSA) is 34.0 Å². The summed E-state index contributed by atoms with van der Waals surface area (Å²) in [5.41, 5.74) is 2.40. The van der Waals surface area contributed by atoms with E-state index in [0.717, 1.165) is 24.7 Å². The molecule has 0 saturated heterocycles. The van der Waals surface area contributed by atoms with Crippen LogP contribution in [0, 0.1) is 5.92 Å². The van der Waals surface area contributed by atoms with Gasteiger partial charge in [-0.05, 0) is 62.6 Å². The Bertz CT molecular complexity index is 624. The summed E-state index contributed by atoms with van der Waals surface area (Å²) < 4.78 is 2.17. The van der Waals surface area contributed by atoms with Gasteiger partial charge in [-0.25, -0.2) is 0 Å². The highest BCUT2D eigenvalue weighted by Gasteiger charge is 2.35. The van der Waals surface area contributed by atoms with Crippen LogP contribution >= 0.6 is 0 Å². The molecule has 2 aromatic rings. The van der Waals surface area contributed by atoms with Crippen LogP contribution in [0.4, 0.5) is 0 Å². The molecule has 2 fully saturated rings. The molecule has 4 nitrogen and oxygen atoms in total. The minimum absolute atomic E-state index is 0.744. The molecule has 0 atom stereocenters. The second-order valence-electron chi connectivity index (χ2n) is 7.25. The smallest absolute Gasteiger partial charge is 0.0940 e. The first kappa shape index (κ1) is 14.9. The molecule has 4 heteroatoms. The van der Waals surface area contributed by atoms with Crippen molar-refractivity contribution in [1.29, 1.82) is 0 Å². The van der Waals surface area contributed by atoms with Crippen molar-refractivity contribution >= 4 is 0 Å². The van der Waals surface area contributed by atoms with E-state index in [1.165, 1.54) is 49.8 Å². The van der Waals surface area contributed by atoms with Crippen molar-refractivity contribution in [3.05, 3.63) is 36.8 Å². The summed E-state index contributed by atoms with van der Waals surface area (Å²) in [5.74, 6) is 0.907. The highest BCUT2D eigenvalue weighted by atomic mass is 15.4. The van der Waals surface area contributed by atoms with Crippen LogP contribution in [0.2, 0.25) is 0 Å². The van der Waals surface area contributed by atoms with Crippen LogP contribution in [0.1, 0.15) is 45.4 Å². The molecule has 0 bridgehead atoms. The predicted octanol–water partition coefficient (Wildman–Crippen LogP) is 3.95. The van der Waals surface area contributed by atoms with E-state index in [1.54, 1.807) is 0 Å². The summed E-state index contributed by atoms with van der Waals surface area (Å²) in [6.45, 7) is 3.32. The summed E-state index contributed by atoms with van der Waals surface area (Å²) in [7, 11) is 0. The van der Waals surface area contributed by atoms with E-state index < -0.39 is 0 Å². The highest BCUT2D eigenvalue weighted by molar-refractivity contribution is 5.58. The van der Waals surface area contributed by atoms with Crippen LogP contribution in [0.15, 0.2) is 36.8 Å². The molecule has 0 aliphatic heterocycles. The van der Waals surface area contributed by atoms with Crippen molar-refractivity contribution in [2.75, 3.05) is 0 Å². The van der Waals surface area contributed by atoms with Gasteiger partial charge in [0.1, 0.15) is 0 Å². The number of rotatable bonds is 5. The zero-order valence-corrected chi connectivity index (χ0v) is 13.9. The molecule has 2 aromatic heterocycles. The highest BCUT2D eigenvalue weighted by Crippen LogP contribution is 2.36. The number of aromatic nitrogens is 3. The summed E-state index contributed by atoms with van der Waals surface area (Å²) in [5, 5.41) is 4.61. The van der Waals surface area contributed by atoms with Gasteiger partial charge in [0.15, 0.2) is 0 Å². The van der Waals surface area contributed by atoms with E-state index in [0.29, 0.717) is 0 Å². The minimum atomic E-state index is 0.744. The largest absolute Gasteiger partial charge is 0.278 e. The summed E-state index contributed by atoms with van der Waals surface area (Å²) in [6, 6.07) is 7.77. The molecule has 4 rings (SSSR count). The maximum atomic E-state index is 4.61. The minimum Gasteiger partial charge on any atom is -0.278 e. The Hall–Kier alpha value is -1.68. The predicted molar refractivity (Wildman–Crippen MR) is 91.7 cm³/mol. The van der Waals surface area contributed by atoms with Crippen molar-refractivity contribution in [3.8, 4) is 11.3 Å². The van der Waals surface area contributed by atoms with Crippen LogP contribution in [-0.4, -0.2) is 31.7 Å². The van der Waals surface area contributed by atoms with Gasteiger partial charge in [-0.15, -0.1) is 0 Å². The Morgan fingerprint density at radius 3 is 2.26 bits per heavy atom. The fourth-order valence-corrected chi connectivity index (χ4v) is 3.88. The summed E-state index contributed by atoms with van der Waals surface area (Å²) in [4.78, 5) is 6.85.